The van der Waals surface area contributed by atoms with E-state index in [4.69, 9.17) is 14.2 Å². The number of nitrogens with one attached hydrogen (secondary N) is 1. The third-order valence-electron chi connectivity index (χ3n) is 5.68. The third kappa shape index (κ3) is 7.76. The maximum absolute atomic E-state index is 12.9. The third-order valence-corrected chi connectivity index (χ3v) is 5.68. The molecule has 1 aromatic carbocycles. The molecule has 2 aliphatic heterocycles. The van der Waals surface area contributed by atoms with E-state index in [9.17, 15) is 4.39 Å². The van der Waals surface area contributed by atoms with Crippen molar-refractivity contribution in [2.45, 2.75) is 57.2 Å². The van der Waals surface area contributed by atoms with E-state index in [0.29, 0.717) is 24.6 Å². The summed E-state index contributed by atoms with van der Waals surface area (Å²) in [5.41, 5.74) is 0. The van der Waals surface area contributed by atoms with Crippen LogP contribution in [0.25, 0.3) is 0 Å². The van der Waals surface area contributed by atoms with Crippen LogP contribution in [0.3, 0.4) is 0 Å². The molecule has 1 atom stereocenters. The molecule has 30 heavy (non-hydrogen) atoms. The van der Waals surface area contributed by atoms with E-state index in [1.165, 1.54) is 25.0 Å². The molecule has 0 saturated carbocycles. The first-order chi connectivity index (χ1) is 14.7. The number of aliphatic imine (C=N–C) groups is 1. The molecule has 0 aliphatic carbocycles. The number of piperidine rings is 1. The van der Waals surface area contributed by atoms with Gasteiger partial charge in [-0.2, -0.15) is 0 Å². The molecule has 168 valence electrons. The monoisotopic (exact) mass is 421 g/mol. The lowest BCUT2D eigenvalue weighted by Gasteiger charge is -2.35. The number of hydrogen-bond donors (Lipinski definition) is 1. The van der Waals surface area contributed by atoms with Crippen LogP contribution >= 0.6 is 0 Å². The largest absolute Gasteiger partial charge is 0.494 e. The zero-order valence-electron chi connectivity index (χ0n) is 18.2. The van der Waals surface area contributed by atoms with Gasteiger partial charge in [-0.15, -0.1) is 0 Å². The first kappa shape index (κ1) is 22.8. The number of nitrogens with zero attached hydrogens (tertiary/aromatic N) is 2. The van der Waals surface area contributed by atoms with Gasteiger partial charge in [0.25, 0.3) is 0 Å². The quantitative estimate of drug-likeness (QED) is 0.375. The molecular weight excluding hydrogens is 385 g/mol. The lowest BCUT2D eigenvalue weighted by Crippen LogP contribution is -2.47. The molecule has 0 spiro atoms. The van der Waals surface area contributed by atoms with Crippen molar-refractivity contribution in [3.8, 4) is 5.75 Å². The maximum atomic E-state index is 12.9. The number of guanidine groups is 1. The summed E-state index contributed by atoms with van der Waals surface area (Å²) < 4.78 is 30.4. The normalized spacial score (nSPS) is 20.9. The van der Waals surface area contributed by atoms with Crippen LogP contribution in [0.15, 0.2) is 29.3 Å². The van der Waals surface area contributed by atoms with E-state index in [1.807, 2.05) is 7.05 Å². The van der Waals surface area contributed by atoms with Crippen LogP contribution in [0.4, 0.5) is 4.39 Å². The molecule has 1 unspecified atom stereocenters. The van der Waals surface area contributed by atoms with Crippen molar-refractivity contribution < 1.29 is 18.6 Å². The predicted octanol–water partition coefficient (Wildman–Crippen LogP) is 3.61. The summed E-state index contributed by atoms with van der Waals surface area (Å²) in [5, 5.41) is 3.45. The highest BCUT2D eigenvalue weighted by Crippen LogP contribution is 2.18. The lowest BCUT2D eigenvalue weighted by atomic mass is 10.1. The number of ether oxygens (including phenoxy) is 3. The van der Waals surface area contributed by atoms with E-state index in [0.717, 1.165) is 70.9 Å². The molecule has 0 radical (unpaired) electrons. The molecule has 2 fully saturated rings. The summed E-state index contributed by atoms with van der Waals surface area (Å²) in [4.78, 5) is 6.75. The lowest BCUT2D eigenvalue weighted by molar-refractivity contribution is -0.0721. The van der Waals surface area contributed by atoms with Gasteiger partial charge in [-0.3, -0.25) is 4.99 Å². The Morgan fingerprint density at radius 2 is 1.97 bits per heavy atom. The number of rotatable bonds is 9. The van der Waals surface area contributed by atoms with Gasteiger partial charge in [0, 0.05) is 33.3 Å². The molecule has 0 amide bonds. The molecule has 1 aromatic rings. The summed E-state index contributed by atoms with van der Waals surface area (Å²) in [6.07, 6.45) is 8.16. The van der Waals surface area contributed by atoms with Crippen LogP contribution in [0.2, 0.25) is 0 Å². The van der Waals surface area contributed by atoms with Crippen molar-refractivity contribution in [2.75, 3.05) is 46.5 Å². The van der Waals surface area contributed by atoms with E-state index < -0.39 is 0 Å². The van der Waals surface area contributed by atoms with Crippen molar-refractivity contribution in [2.24, 2.45) is 4.99 Å². The smallest absolute Gasteiger partial charge is 0.193 e. The molecule has 3 rings (SSSR count). The van der Waals surface area contributed by atoms with E-state index in [2.05, 4.69) is 15.2 Å². The Hall–Kier alpha value is -1.86. The van der Waals surface area contributed by atoms with E-state index in [1.54, 1.807) is 12.1 Å². The standard InChI is InChI=1S/C23H36FN3O3/c1-25-23(26-13-3-5-17-28-20-9-7-19(24)8-10-20)27-14-11-21(12-15-27)30-18-22-6-2-4-16-29-22/h7-10,21-22H,2-6,11-18H2,1H3,(H,25,26). The van der Waals surface area contributed by atoms with Crippen molar-refractivity contribution in [1.29, 1.82) is 0 Å². The van der Waals surface area contributed by atoms with Crippen LogP contribution < -0.4 is 10.1 Å². The SMILES string of the molecule is CN=C(NCCCCOc1ccc(F)cc1)N1CCC(OCC2CCCCO2)CC1. The summed E-state index contributed by atoms with van der Waals surface area (Å²) >= 11 is 0. The summed E-state index contributed by atoms with van der Waals surface area (Å²) in [6, 6.07) is 6.15. The molecule has 2 aliphatic rings. The molecular formula is C23H36FN3O3. The average molecular weight is 422 g/mol. The Kier molecular flexibility index (Phi) is 9.70. The van der Waals surface area contributed by atoms with Crippen molar-refractivity contribution in [3.63, 3.8) is 0 Å². The minimum absolute atomic E-state index is 0.244. The minimum Gasteiger partial charge on any atom is -0.494 e. The maximum Gasteiger partial charge on any atom is 0.193 e. The number of hydrogen-bond acceptors (Lipinski definition) is 4. The first-order valence-electron chi connectivity index (χ1n) is 11.3. The van der Waals surface area contributed by atoms with Crippen LogP contribution in [-0.2, 0) is 9.47 Å². The molecule has 2 heterocycles. The second kappa shape index (κ2) is 12.7. The summed E-state index contributed by atoms with van der Waals surface area (Å²) in [6.45, 7) is 5.02. The van der Waals surface area contributed by atoms with Gasteiger partial charge in [-0.1, -0.05) is 0 Å². The average Bonchev–Trinajstić information content (AvgIpc) is 2.80. The van der Waals surface area contributed by atoms with E-state index >= 15 is 0 Å². The molecule has 2 saturated heterocycles. The summed E-state index contributed by atoms with van der Waals surface area (Å²) in [5.74, 6) is 1.43. The highest BCUT2D eigenvalue weighted by Gasteiger charge is 2.23. The molecule has 0 bridgehead atoms. The number of likely N-dealkylation sites (tertiary alicyclic amines) is 1. The van der Waals surface area contributed by atoms with Crippen LogP contribution in [0.1, 0.15) is 44.9 Å². The van der Waals surface area contributed by atoms with Gasteiger partial charge >= 0.3 is 0 Å². The first-order valence-corrected chi connectivity index (χ1v) is 11.3. The second-order valence-corrected chi connectivity index (χ2v) is 7.99. The Morgan fingerprint density at radius 3 is 2.67 bits per heavy atom. The van der Waals surface area contributed by atoms with Crippen molar-refractivity contribution in [3.05, 3.63) is 30.1 Å². The fraction of sp³-hybridized carbons (Fsp3) is 0.696. The Balaban J connectivity index is 1.25. The second-order valence-electron chi connectivity index (χ2n) is 7.99. The minimum atomic E-state index is -0.244. The topological polar surface area (TPSA) is 55.3 Å². The van der Waals surface area contributed by atoms with Gasteiger partial charge in [0.15, 0.2) is 5.96 Å². The zero-order valence-corrected chi connectivity index (χ0v) is 18.2. The zero-order chi connectivity index (χ0) is 21.0. The van der Waals surface area contributed by atoms with Crippen LogP contribution in [0, 0.1) is 5.82 Å². The van der Waals surface area contributed by atoms with Crippen LogP contribution in [0.5, 0.6) is 5.75 Å². The van der Waals surface area contributed by atoms with Gasteiger partial charge < -0.3 is 24.4 Å². The fourth-order valence-electron chi connectivity index (χ4n) is 3.90. The van der Waals surface area contributed by atoms with Gasteiger partial charge in [0.05, 0.1) is 25.4 Å². The van der Waals surface area contributed by atoms with Crippen molar-refractivity contribution in [1.82, 2.24) is 10.2 Å². The van der Waals surface area contributed by atoms with Gasteiger partial charge in [-0.05, 0) is 69.2 Å². The van der Waals surface area contributed by atoms with Gasteiger partial charge in [-0.25, -0.2) is 4.39 Å². The van der Waals surface area contributed by atoms with Gasteiger partial charge in [0.2, 0.25) is 0 Å². The van der Waals surface area contributed by atoms with Crippen molar-refractivity contribution >= 4 is 5.96 Å². The fourth-order valence-corrected chi connectivity index (χ4v) is 3.90. The number of unbranched alkanes of at least 4 members (excludes halogenated alkanes) is 1. The molecule has 0 aromatic heterocycles. The van der Waals surface area contributed by atoms with Gasteiger partial charge in [0.1, 0.15) is 11.6 Å². The molecule has 6 nitrogen and oxygen atoms in total. The Morgan fingerprint density at radius 1 is 1.17 bits per heavy atom. The molecule has 1 N–H and O–H groups in total. The highest BCUT2D eigenvalue weighted by atomic mass is 19.1. The molecule has 7 heteroatoms. The summed E-state index contributed by atoms with van der Waals surface area (Å²) in [7, 11) is 1.84. The number of benzene rings is 1. The Bertz CT molecular complexity index is 627. The predicted molar refractivity (Wildman–Crippen MR) is 117 cm³/mol. The number of halogens is 1. The van der Waals surface area contributed by atoms with Crippen LogP contribution in [-0.4, -0.2) is 69.6 Å². The van der Waals surface area contributed by atoms with E-state index in [-0.39, 0.29) is 5.82 Å². The Labute approximate surface area is 179 Å². The highest BCUT2D eigenvalue weighted by molar-refractivity contribution is 5.79.